The van der Waals surface area contributed by atoms with Crippen LogP contribution in [-0.2, 0) is 4.79 Å². The van der Waals surface area contributed by atoms with Gasteiger partial charge >= 0.3 is 5.91 Å². The van der Waals surface area contributed by atoms with Crippen LogP contribution in [0.4, 0.5) is 15.8 Å². The molecule has 2 aliphatic heterocycles. The van der Waals surface area contributed by atoms with Crippen LogP contribution in [0.5, 0.6) is 5.75 Å². The molecule has 0 bridgehead atoms. The van der Waals surface area contributed by atoms with E-state index in [1.54, 1.807) is 18.2 Å². The average Bonchev–Trinajstić information content (AvgIpc) is 3.58. The predicted octanol–water partition coefficient (Wildman–Crippen LogP) is 8.76. The van der Waals surface area contributed by atoms with Gasteiger partial charge in [0, 0.05) is 12.3 Å². The van der Waals surface area contributed by atoms with E-state index in [0.29, 0.717) is 35.4 Å². The number of quaternary nitrogens is 1. The van der Waals surface area contributed by atoms with Crippen molar-refractivity contribution in [1.29, 1.82) is 0 Å². The summed E-state index contributed by atoms with van der Waals surface area (Å²) in [6, 6.07) is 11.2. The number of nitrogens with zero attached hydrogens (tertiary/aromatic N) is 2. The summed E-state index contributed by atoms with van der Waals surface area (Å²) in [5, 5.41) is 1.65. The Morgan fingerprint density at radius 1 is 1.09 bits per heavy atom. The van der Waals surface area contributed by atoms with Crippen molar-refractivity contribution in [1.82, 2.24) is 0 Å². The summed E-state index contributed by atoms with van der Waals surface area (Å²) in [4.78, 5) is 33.3. The first-order valence-electron chi connectivity index (χ1n) is 15.3. The molecule has 8 heteroatoms. The van der Waals surface area contributed by atoms with Crippen molar-refractivity contribution in [2.24, 2.45) is 27.7 Å². The van der Waals surface area contributed by atoms with Gasteiger partial charge in [-0.25, -0.2) is 9.18 Å². The van der Waals surface area contributed by atoms with Gasteiger partial charge in [-0.15, -0.1) is 0 Å². The lowest BCUT2D eigenvalue weighted by atomic mass is 9.75. The molecule has 2 aromatic carbocycles. The van der Waals surface area contributed by atoms with E-state index in [0.717, 1.165) is 25.7 Å². The second kappa shape index (κ2) is 12.0. The minimum absolute atomic E-state index is 0.0117. The number of methoxy groups -OCH3 is 1. The van der Waals surface area contributed by atoms with Crippen molar-refractivity contribution in [3.63, 3.8) is 0 Å². The molecule has 234 valence electrons. The zero-order valence-electron chi connectivity index (χ0n) is 27.2. The smallest absolute Gasteiger partial charge is 0.355 e. The lowest BCUT2D eigenvalue weighted by Gasteiger charge is -2.35. The number of hydrogen-bond donors (Lipinski definition) is 1. The fraction of sp³-hybridized carbons (Fsp3) is 0.571. The van der Waals surface area contributed by atoms with E-state index >= 15 is 0 Å². The van der Waals surface area contributed by atoms with Crippen LogP contribution < -0.4 is 10.1 Å². The molecule has 0 saturated carbocycles. The molecule has 4 rings (SSSR count). The number of hydrogen-bond acceptors (Lipinski definition) is 4. The van der Waals surface area contributed by atoms with Crippen LogP contribution >= 0.6 is 11.6 Å². The molecule has 2 amide bonds. The molecular formula is C35H48ClFN3O3+. The lowest BCUT2D eigenvalue weighted by molar-refractivity contribution is -0.651. The molecule has 1 spiro atoms. The van der Waals surface area contributed by atoms with Gasteiger partial charge in [0.25, 0.3) is 5.91 Å². The van der Waals surface area contributed by atoms with Crippen molar-refractivity contribution in [3.8, 4) is 5.75 Å². The highest BCUT2D eigenvalue weighted by Crippen LogP contribution is 2.59. The van der Waals surface area contributed by atoms with Gasteiger partial charge < -0.3 is 10.1 Å². The molecule has 2 heterocycles. The van der Waals surface area contributed by atoms with Crippen LogP contribution in [0, 0.1) is 28.5 Å². The number of halogens is 2. The highest BCUT2D eigenvalue weighted by atomic mass is 35.5. The van der Waals surface area contributed by atoms with Crippen LogP contribution in [-0.4, -0.2) is 46.7 Å². The number of para-hydroxylation sites is 2. The van der Waals surface area contributed by atoms with E-state index < -0.39 is 22.6 Å². The average molecular weight is 613 g/mol. The van der Waals surface area contributed by atoms with Gasteiger partial charge in [-0.3, -0.25) is 4.79 Å². The largest absolute Gasteiger partial charge is 0.495 e. The number of fused-ring (bicyclic) bond motifs is 1. The van der Waals surface area contributed by atoms with Gasteiger partial charge in [0.2, 0.25) is 11.2 Å². The maximum absolute atomic E-state index is 14.6. The van der Waals surface area contributed by atoms with E-state index in [2.05, 4.69) is 60.7 Å². The number of ether oxygens (including phenoxy) is 1. The highest BCUT2D eigenvalue weighted by Gasteiger charge is 2.80. The molecule has 0 aromatic heterocycles. The first kappa shape index (κ1) is 33.1. The number of rotatable bonds is 10. The molecule has 1 saturated heterocycles. The summed E-state index contributed by atoms with van der Waals surface area (Å²) in [6.07, 6.45) is 3.62. The van der Waals surface area contributed by atoms with E-state index in [9.17, 15) is 14.0 Å². The monoisotopic (exact) mass is 612 g/mol. The van der Waals surface area contributed by atoms with E-state index in [-0.39, 0.29) is 32.7 Å². The summed E-state index contributed by atoms with van der Waals surface area (Å²) in [6.45, 7) is 18.3. The number of benzene rings is 2. The molecular weight excluding hydrogens is 565 g/mol. The van der Waals surface area contributed by atoms with Gasteiger partial charge in [-0.05, 0) is 66.3 Å². The van der Waals surface area contributed by atoms with Crippen molar-refractivity contribution in [2.45, 2.75) is 92.0 Å². The minimum Gasteiger partial charge on any atom is -0.495 e. The van der Waals surface area contributed by atoms with Crippen molar-refractivity contribution >= 4 is 40.6 Å². The van der Waals surface area contributed by atoms with Crippen LogP contribution in [0.2, 0.25) is 0 Å². The molecule has 43 heavy (non-hydrogen) atoms. The Kier molecular flexibility index (Phi) is 9.22. The molecule has 1 fully saturated rings. The standard InChI is InChI=1S/C35H47ClFN3O3/c1-22(19-33(3,4)5)16-17-35(23(2)20-34(6,7)8)21-40(35)30(38-26-15-14-24(37)18-25(26)32(40)42)29(36)31(41)39-27-12-10-11-13-28(27)43-9/h10-15,18,22-23,29H,16-17,19-21H2,1-9H3/p+1. The normalized spacial score (nSPS) is 23.7. The van der Waals surface area contributed by atoms with E-state index in [1.807, 2.05) is 6.07 Å². The third kappa shape index (κ3) is 6.68. The third-order valence-electron chi connectivity index (χ3n) is 9.02. The Labute approximate surface area is 261 Å². The molecule has 1 N–H and O–H groups in total. The second-order valence-electron chi connectivity index (χ2n) is 15.1. The zero-order valence-corrected chi connectivity index (χ0v) is 27.9. The molecule has 5 unspecified atom stereocenters. The number of amidine groups is 1. The maximum Gasteiger partial charge on any atom is 0.355 e. The van der Waals surface area contributed by atoms with E-state index in [1.165, 1.54) is 25.3 Å². The van der Waals surface area contributed by atoms with Crippen molar-refractivity contribution < 1.29 is 23.2 Å². The van der Waals surface area contributed by atoms with Crippen molar-refractivity contribution in [2.75, 3.05) is 19.0 Å². The Balaban J connectivity index is 1.80. The Morgan fingerprint density at radius 3 is 2.37 bits per heavy atom. The lowest BCUT2D eigenvalue weighted by Crippen LogP contribution is -2.55. The molecule has 5 atom stereocenters. The number of carbonyl (C=O) groups is 2. The summed E-state index contributed by atoms with van der Waals surface area (Å²) >= 11 is 7.03. The first-order valence-corrected chi connectivity index (χ1v) is 15.8. The zero-order chi connectivity index (χ0) is 32.0. The van der Waals surface area contributed by atoms with Crippen LogP contribution in [0.1, 0.15) is 91.4 Å². The molecule has 0 aliphatic carbocycles. The van der Waals surface area contributed by atoms with E-state index in [4.69, 9.17) is 21.3 Å². The van der Waals surface area contributed by atoms with Gasteiger partial charge in [-0.2, -0.15) is 9.48 Å². The molecule has 6 nitrogen and oxygen atoms in total. The molecule has 0 radical (unpaired) electrons. The SMILES string of the molecule is COc1ccccc1NC(=O)C(Cl)C1=Nc2ccc(F)cc2C(=O)[N+]12CC2(CCC(C)CC(C)(C)C)C(C)CC(C)(C)C. The van der Waals surface area contributed by atoms with Gasteiger partial charge in [-0.1, -0.05) is 79.1 Å². The molecule has 2 aliphatic rings. The quantitative estimate of drug-likeness (QED) is 0.166. The maximum atomic E-state index is 14.6. The number of anilines is 1. The number of nitrogens with one attached hydrogen (secondary N) is 1. The minimum atomic E-state index is -1.23. The van der Waals surface area contributed by atoms with Crippen LogP contribution in [0.15, 0.2) is 47.5 Å². The Morgan fingerprint density at radius 2 is 1.74 bits per heavy atom. The predicted molar refractivity (Wildman–Crippen MR) is 173 cm³/mol. The second-order valence-corrected chi connectivity index (χ2v) is 15.6. The first-order chi connectivity index (χ1) is 19.9. The third-order valence-corrected chi connectivity index (χ3v) is 9.41. The van der Waals surface area contributed by atoms with Gasteiger partial charge in [0.05, 0.1) is 18.5 Å². The highest BCUT2D eigenvalue weighted by molar-refractivity contribution is 6.44. The number of aliphatic imine (C=N–C) groups is 1. The summed E-state index contributed by atoms with van der Waals surface area (Å²) in [5.74, 6) is 0.130. The molecule has 2 aromatic rings. The fourth-order valence-corrected chi connectivity index (χ4v) is 7.64. The van der Waals surface area contributed by atoms with Crippen LogP contribution in [0.25, 0.3) is 0 Å². The summed E-state index contributed by atoms with van der Waals surface area (Å²) in [7, 11) is 1.53. The Bertz CT molecular complexity index is 1410. The number of carbonyl (C=O) groups excluding carboxylic acids is 2. The number of alkyl halides is 1. The van der Waals surface area contributed by atoms with Gasteiger partial charge in [0.1, 0.15) is 23.7 Å². The number of amides is 2. The van der Waals surface area contributed by atoms with Crippen LogP contribution in [0.3, 0.4) is 0 Å². The summed E-state index contributed by atoms with van der Waals surface area (Å²) < 4.78 is 19.8. The fourth-order valence-electron chi connectivity index (χ4n) is 7.37. The topological polar surface area (TPSA) is 67.8 Å². The van der Waals surface area contributed by atoms with Gasteiger partial charge in [0.15, 0.2) is 5.54 Å². The Hall–Kier alpha value is -2.77. The van der Waals surface area contributed by atoms with Crippen molar-refractivity contribution in [3.05, 3.63) is 53.8 Å². The summed E-state index contributed by atoms with van der Waals surface area (Å²) in [5.41, 5.74) is 0.735.